The third-order valence-corrected chi connectivity index (χ3v) is 3.38. The molecule has 5 heteroatoms. The second-order valence-corrected chi connectivity index (χ2v) is 5.18. The lowest BCUT2D eigenvalue weighted by Gasteiger charge is -2.23. The number of nitrogens with zero attached hydrogens (tertiary/aromatic N) is 1. The lowest BCUT2D eigenvalue weighted by molar-refractivity contribution is 0.203. The van der Waals surface area contributed by atoms with Crippen molar-refractivity contribution in [3.63, 3.8) is 0 Å². The van der Waals surface area contributed by atoms with Gasteiger partial charge in [0, 0.05) is 19.0 Å². The minimum Gasteiger partial charge on any atom is -0.409 e. The van der Waals surface area contributed by atoms with Crippen LogP contribution in [0.15, 0.2) is 5.16 Å². The maximum Gasteiger partial charge on any atom is 0.139 e. The molecular weight excluding hydrogens is 206 g/mol. The smallest absolute Gasteiger partial charge is 0.139 e. The Bertz CT molecular complexity index is 250. The van der Waals surface area contributed by atoms with E-state index >= 15 is 0 Å². The summed E-state index contributed by atoms with van der Waals surface area (Å²) in [4.78, 5) is 0. The molecule has 1 aliphatic rings. The van der Waals surface area contributed by atoms with Gasteiger partial charge in [0.2, 0.25) is 0 Å². The molecule has 0 heterocycles. The molecule has 0 aliphatic heterocycles. The summed E-state index contributed by atoms with van der Waals surface area (Å²) >= 11 is 0. The van der Waals surface area contributed by atoms with Gasteiger partial charge in [0.05, 0.1) is 6.61 Å². The summed E-state index contributed by atoms with van der Waals surface area (Å²) in [5, 5.41) is 24.1. The van der Waals surface area contributed by atoms with E-state index in [0.717, 1.165) is 19.4 Å². The molecule has 94 valence electrons. The third kappa shape index (κ3) is 3.64. The van der Waals surface area contributed by atoms with E-state index in [9.17, 15) is 5.11 Å². The second kappa shape index (κ2) is 5.50. The quantitative estimate of drug-likeness (QED) is 0.221. The topological polar surface area (TPSA) is 90.9 Å². The lowest BCUT2D eigenvalue weighted by atomic mass is 9.99. The lowest BCUT2D eigenvalue weighted by Crippen LogP contribution is -2.41. The highest BCUT2D eigenvalue weighted by Gasteiger charge is 2.43. The van der Waals surface area contributed by atoms with Gasteiger partial charge in [0.15, 0.2) is 0 Å². The Kier molecular flexibility index (Phi) is 4.56. The van der Waals surface area contributed by atoms with Crippen LogP contribution in [0, 0.1) is 11.3 Å². The van der Waals surface area contributed by atoms with Gasteiger partial charge < -0.3 is 21.4 Å². The van der Waals surface area contributed by atoms with E-state index in [2.05, 4.69) is 24.3 Å². The number of hydrogen-bond donors (Lipinski definition) is 4. The van der Waals surface area contributed by atoms with Gasteiger partial charge >= 0.3 is 0 Å². The zero-order valence-electron chi connectivity index (χ0n) is 10.1. The van der Waals surface area contributed by atoms with Crippen LogP contribution in [0.1, 0.15) is 33.1 Å². The average Bonchev–Trinajstić information content (AvgIpc) is 2.98. The minimum absolute atomic E-state index is 0.129. The van der Waals surface area contributed by atoms with E-state index < -0.39 is 0 Å². The van der Waals surface area contributed by atoms with Crippen LogP contribution in [0.3, 0.4) is 0 Å². The number of amidine groups is 1. The second-order valence-electron chi connectivity index (χ2n) is 5.18. The summed E-state index contributed by atoms with van der Waals surface area (Å²) in [7, 11) is 0. The fraction of sp³-hybridized carbons (Fsp3) is 0.909. The van der Waals surface area contributed by atoms with Crippen molar-refractivity contribution in [3.8, 4) is 0 Å². The summed E-state index contributed by atoms with van der Waals surface area (Å²) in [5.74, 6) is 0.703. The average molecular weight is 229 g/mol. The molecule has 0 unspecified atom stereocenters. The van der Waals surface area contributed by atoms with Gasteiger partial charge in [-0.15, -0.1) is 0 Å². The van der Waals surface area contributed by atoms with Crippen LogP contribution < -0.4 is 11.1 Å². The minimum atomic E-state index is 0.129. The molecular formula is C11H23N3O2. The van der Waals surface area contributed by atoms with Gasteiger partial charge in [-0.2, -0.15) is 0 Å². The molecule has 16 heavy (non-hydrogen) atoms. The van der Waals surface area contributed by atoms with Crippen LogP contribution in [0.5, 0.6) is 0 Å². The monoisotopic (exact) mass is 229 g/mol. The standard InChI is InChI=1S/C11H23N3O2/c1-8(2)9(6-15)13-7-11(3-4-11)5-10(12)14-16/h8-9,13,15-16H,3-7H2,1-2H3,(H2,12,14)/t9-/m1/s1. The van der Waals surface area contributed by atoms with Crippen LogP contribution in [0.4, 0.5) is 0 Å². The van der Waals surface area contributed by atoms with E-state index in [1.165, 1.54) is 0 Å². The summed E-state index contributed by atoms with van der Waals surface area (Å²) in [6.45, 7) is 5.14. The number of oxime groups is 1. The van der Waals surface area contributed by atoms with Crippen molar-refractivity contribution in [3.05, 3.63) is 0 Å². The van der Waals surface area contributed by atoms with Crippen molar-refractivity contribution in [2.45, 2.75) is 39.2 Å². The first-order valence-corrected chi connectivity index (χ1v) is 5.83. The first-order chi connectivity index (χ1) is 7.53. The Morgan fingerprint density at radius 1 is 1.50 bits per heavy atom. The molecule has 0 spiro atoms. The molecule has 0 saturated heterocycles. The Morgan fingerprint density at radius 3 is 2.50 bits per heavy atom. The highest BCUT2D eigenvalue weighted by atomic mass is 16.4. The fourth-order valence-corrected chi connectivity index (χ4v) is 1.87. The first-order valence-electron chi connectivity index (χ1n) is 5.83. The summed E-state index contributed by atoms with van der Waals surface area (Å²) < 4.78 is 0. The Labute approximate surface area is 96.7 Å². The van der Waals surface area contributed by atoms with Crippen LogP contribution >= 0.6 is 0 Å². The third-order valence-electron chi connectivity index (χ3n) is 3.38. The summed E-state index contributed by atoms with van der Waals surface area (Å²) in [6.07, 6.45) is 2.84. The number of nitrogens with one attached hydrogen (secondary N) is 1. The molecule has 1 aliphatic carbocycles. The van der Waals surface area contributed by atoms with Gasteiger partial charge in [-0.1, -0.05) is 19.0 Å². The molecule has 0 aromatic carbocycles. The van der Waals surface area contributed by atoms with E-state index in [0.29, 0.717) is 18.2 Å². The summed E-state index contributed by atoms with van der Waals surface area (Å²) in [6, 6.07) is 0.129. The van der Waals surface area contributed by atoms with Crippen LogP contribution in [-0.2, 0) is 0 Å². The zero-order chi connectivity index (χ0) is 12.2. The molecule has 0 bridgehead atoms. The van der Waals surface area contributed by atoms with E-state index in [4.69, 9.17) is 10.9 Å². The van der Waals surface area contributed by atoms with Crippen LogP contribution in [0.2, 0.25) is 0 Å². The Balaban J connectivity index is 2.36. The summed E-state index contributed by atoms with van der Waals surface area (Å²) in [5.41, 5.74) is 5.67. The molecule has 1 fully saturated rings. The predicted octanol–water partition coefficient (Wildman–Crippen LogP) is 0.510. The normalized spacial score (nSPS) is 21.1. The zero-order valence-corrected chi connectivity index (χ0v) is 10.1. The van der Waals surface area contributed by atoms with E-state index in [1.54, 1.807) is 0 Å². The molecule has 1 rings (SSSR count). The van der Waals surface area contributed by atoms with E-state index in [1.807, 2.05) is 0 Å². The molecule has 1 atom stereocenters. The number of aliphatic hydroxyl groups excluding tert-OH is 1. The van der Waals surface area contributed by atoms with E-state index in [-0.39, 0.29) is 18.1 Å². The molecule has 5 nitrogen and oxygen atoms in total. The van der Waals surface area contributed by atoms with Crippen molar-refractivity contribution >= 4 is 5.84 Å². The molecule has 0 aromatic heterocycles. The van der Waals surface area contributed by atoms with Gasteiger partial charge in [-0.25, -0.2) is 0 Å². The highest BCUT2D eigenvalue weighted by molar-refractivity contribution is 5.80. The van der Waals surface area contributed by atoms with Gasteiger partial charge in [-0.3, -0.25) is 0 Å². The SMILES string of the molecule is CC(C)[C@@H](CO)NCC1(CC(N)=NO)CC1. The molecule has 0 radical (unpaired) electrons. The molecule has 0 amide bonds. The Morgan fingerprint density at radius 2 is 2.12 bits per heavy atom. The maximum atomic E-state index is 9.19. The van der Waals surface area contributed by atoms with Gasteiger partial charge in [-0.05, 0) is 24.2 Å². The number of aliphatic hydroxyl groups is 1. The van der Waals surface area contributed by atoms with Crippen molar-refractivity contribution in [1.29, 1.82) is 0 Å². The van der Waals surface area contributed by atoms with Gasteiger partial charge in [0.1, 0.15) is 5.84 Å². The number of rotatable bonds is 7. The van der Waals surface area contributed by atoms with Crippen molar-refractivity contribution < 1.29 is 10.3 Å². The number of nitrogens with two attached hydrogens (primary N) is 1. The maximum absolute atomic E-state index is 9.19. The first kappa shape index (κ1) is 13.3. The van der Waals surface area contributed by atoms with Crippen molar-refractivity contribution in [2.75, 3.05) is 13.2 Å². The number of hydrogen-bond acceptors (Lipinski definition) is 4. The largest absolute Gasteiger partial charge is 0.409 e. The molecule has 0 aromatic rings. The van der Waals surface area contributed by atoms with Crippen molar-refractivity contribution in [2.24, 2.45) is 22.2 Å². The highest BCUT2D eigenvalue weighted by Crippen LogP contribution is 2.48. The Hall–Kier alpha value is -0.810. The van der Waals surface area contributed by atoms with Crippen LogP contribution in [-0.4, -0.2) is 35.3 Å². The van der Waals surface area contributed by atoms with Crippen molar-refractivity contribution in [1.82, 2.24) is 5.32 Å². The van der Waals surface area contributed by atoms with Crippen LogP contribution in [0.25, 0.3) is 0 Å². The fourth-order valence-electron chi connectivity index (χ4n) is 1.87. The van der Waals surface area contributed by atoms with Gasteiger partial charge in [0.25, 0.3) is 0 Å². The molecule has 5 N–H and O–H groups in total. The predicted molar refractivity (Wildman–Crippen MR) is 63.4 cm³/mol. The molecule has 1 saturated carbocycles.